The maximum Gasteiger partial charge on any atom is 0.306 e. The van der Waals surface area contributed by atoms with Gasteiger partial charge in [0.25, 0.3) is 0 Å². The summed E-state index contributed by atoms with van der Waals surface area (Å²) in [7, 11) is 0. The lowest BCUT2D eigenvalue weighted by Crippen LogP contribution is -2.46. The molecule has 0 rings (SSSR count). The molecular formula is C57H107NO5. The zero-order valence-corrected chi connectivity index (χ0v) is 42.2. The van der Waals surface area contributed by atoms with Crippen molar-refractivity contribution in [1.82, 2.24) is 5.32 Å². The Bertz CT molecular complexity index is 1040. The SMILES string of the molecule is CCC/C=C\CCCCCCCC(=O)OC(CCCCCCCCC/C=C\C/C=C\CCCCC)CC(=O)NC(CO)C(O)CCCCCCCCCCCCCCCCCCC. The minimum atomic E-state index is -0.790. The van der Waals surface area contributed by atoms with Crippen molar-refractivity contribution in [3.63, 3.8) is 0 Å². The number of aliphatic hydroxyl groups excluding tert-OH is 2. The van der Waals surface area contributed by atoms with Crippen molar-refractivity contribution in [1.29, 1.82) is 0 Å². The third-order valence-electron chi connectivity index (χ3n) is 12.7. The van der Waals surface area contributed by atoms with Crippen molar-refractivity contribution in [3.8, 4) is 0 Å². The number of esters is 1. The number of amides is 1. The molecule has 0 radical (unpaired) electrons. The molecule has 63 heavy (non-hydrogen) atoms. The summed E-state index contributed by atoms with van der Waals surface area (Å²) in [5, 5.41) is 23.9. The van der Waals surface area contributed by atoms with Crippen molar-refractivity contribution in [3.05, 3.63) is 36.5 Å². The fourth-order valence-corrected chi connectivity index (χ4v) is 8.46. The minimum absolute atomic E-state index is 0.0712. The summed E-state index contributed by atoms with van der Waals surface area (Å²) >= 11 is 0. The molecule has 0 saturated carbocycles. The maximum absolute atomic E-state index is 13.2. The minimum Gasteiger partial charge on any atom is -0.462 e. The number of allylic oxidation sites excluding steroid dienone is 6. The molecule has 370 valence electrons. The highest BCUT2D eigenvalue weighted by Gasteiger charge is 2.24. The first-order valence-electron chi connectivity index (χ1n) is 27.7. The standard InChI is InChI=1S/C57H107NO5/c1-4-7-10-13-16-19-22-24-26-28-30-32-34-36-39-42-45-48-53(63-57(62)50-47-44-41-38-21-18-15-12-9-6-3)51-56(61)58-54(52-59)55(60)49-46-43-40-37-35-33-31-29-27-25-23-20-17-14-11-8-5-2/h12,15-16,19,24,26,53-55,59-60H,4-11,13-14,17-18,20-23,25,27-52H2,1-3H3,(H,58,61)/b15-12-,19-16-,26-24-. The second kappa shape index (κ2) is 51.1. The summed E-state index contributed by atoms with van der Waals surface area (Å²) in [6, 6.07) is -0.704. The zero-order valence-electron chi connectivity index (χ0n) is 42.2. The maximum atomic E-state index is 13.2. The number of hydrogen-bond donors (Lipinski definition) is 3. The first kappa shape index (κ1) is 61.1. The molecule has 3 N–H and O–H groups in total. The van der Waals surface area contributed by atoms with Gasteiger partial charge in [0.15, 0.2) is 0 Å². The third kappa shape index (κ3) is 46.4. The Morgan fingerprint density at radius 1 is 0.460 bits per heavy atom. The van der Waals surface area contributed by atoms with Gasteiger partial charge < -0.3 is 20.3 Å². The van der Waals surface area contributed by atoms with Crippen LogP contribution in [0, 0.1) is 0 Å². The summed E-state index contributed by atoms with van der Waals surface area (Å²) < 4.78 is 5.93. The predicted molar refractivity (Wildman–Crippen MR) is 273 cm³/mol. The van der Waals surface area contributed by atoms with E-state index in [4.69, 9.17) is 4.74 Å². The molecule has 0 aliphatic heterocycles. The molecule has 3 unspecified atom stereocenters. The third-order valence-corrected chi connectivity index (χ3v) is 12.7. The molecule has 0 heterocycles. The normalized spacial score (nSPS) is 13.4. The van der Waals surface area contributed by atoms with Crippen LogP contribution in [0.4, 0.5) is 0 Å². The monoisotopic (exact) mass is 886 g/mol. The zero-order chi connectivity index (χ0) is 45.9. The van der Waals surface area contributed by atoms with E-state index in [1.165, 1.54) is 167 Å². The van der Waals surface area contributed by atoms with E-state index in [9.17, 15) is 19.8 Å². The number of aliphatic hydroxyl groups is 2. The van der Waals surface area contributed by atoms with Gasteiger partial charge in [-0.2, -0.15) is 0 Å². The Kier molecular flexibility index (Phi) is 49.5. The van der Waals surface area contributed by atoms with Crippen LogP contribution in [-0.4, -0.2) is 46.9 Å². The van der Waals surface area contributed by atoms with E-state index in [0.29, 0.717) is 19.3 Å². The topological polar surface area (TPSA) is 95.9 Å². The Labute approximate surface area is 392 Å². The summed E-state index contributed by atoms with van der Waals surface area (Å²) in [6.45, 7) is 6.42. The van der Waals surface area contributed by atoms with E-state index in [2.05, 4.69) is 62.5 Å². The second-order valence-corrected chi connectivity index (χ2v) is 19.0. The largest absolute Gasteiger partial charge is 0.462 e. The van der Waals surface area contributed by atoms with Crippen molar-refractivity contribution < 1.29 is 24.5 Å². The highest BCUT2D eigenvalue weighted by molar-refractivity contribution is 5.77. The van der Waals surface area contributed by atoms with Crippen LogP contribution >= 0.6 is 0 Å². The molecule has 0 aliphatic carbocycles. The predicted octanol–water partition coefficient (Wildman–Crippen LogP) is 16.8. The second-order valence-electron chi connectivity index (χ2n) is 19.0. The van der Waals surface area contributed by atoms with Crippen LogP contribution in [0.25, 0.3) is 0 Å². The summed E-state index contributed by atoms with van der Waals surface area (Å²) in [4.78, 5) is 26.2. The number of ether oxygens (including phenoxy) is 1. The Morgan fingerprint density at radius 2 is 0.841 bits per heavy atom. The van der Waals surface area contributed by atoms with Crippen molar-refractivity contribution in [2.75, 3.05) is 6.61 Å². The van der Waals surface area contributed by atoms with Crippen molar-refractivity contribution in [2.24, 2.45) is 0 Å². The molecule has 0 fully saturated rings. The van der Waals surface area contributed by atoms with Crippen molar-refractivity contribution in [2.45, 2.75) is 309 Å². The molecule has 0 aliphatic rings. The quantitative estimate of drug-likeness (QED) is 0.0321. The lowest BCUT2D eigenvalue weighted by molar-refractivity contribution is -0.151. The van der Waals surface area contributed by atoms with Gasteiger partial charge in [-0.25, -0.2) is 0 Å². The lowest BCUT2D eigenvalue weighted by Gasteiger charge is -2.24. The molecule has 1 amide bonds. The number of carbonyl (C=O) groups is 2. The highest BCUT2D eigenvalue weighted by Crippen LogP contribution is 2.18. The fraction of sp³-hybridized carbons (Fsp3) is 0.860. The van der Waals surface area contributed by atoms with Crippen LogP contribution < -0.4 is 5.32 Å². The average Bonchev–Trinajstić information content (AvgIpc) is 3.28. The van der Waals surface area contributed by atoms with E-state index in [0.717, 1.165) is 77.0 Å². The first-order valence-corrected chi connectivity index (χ1v) is 27.7. The Morgan fingerprint density at radius 3 is 1.32 bits per heavy atom. The molecule has 6 heteroatoms. The van der Waals surface area contributed by atoms with Crippen LogP contribution in [0.1, 0.15) is 290 Å². The Balaban J connectivity index is 4.49. The molecule has 3 atom stereocenters. The van der Waals surface area contributed by atoms with Crippen molar-refractivity contribution >= 4 is 11.9 Å². The van der Waals surface area contributed by atoms with Gasteiger partial charge in [0.05, 0.1) is 25.2 Å². The van der Waals surface area contributed by atoms with Gasteiger partial charge in [-0.15, -0.1) is 0 Å². The van der Waals surface area contributed by atoms with Gasteiger partial charge in [0, 0.05) is 6.42 Å². The summed E-state index contributed by atoms with van der Waals surface area (Å²) in [5.41, 5.74) is 0. The molecular weight excluding hydrogens is 779 g/mol. The molecule has 0 spiro atoms. The van der Waals surface area contributed by atoms with E-state index in [1.807, 2.05) is 0 Å². The van der Waals surface area contributed by atoms with Gasteiger partial charge >= 0.3 is 5.97 Å². The molecule has 6 nitrogen and oxygen atoms in total. The summed E-state index contributed by atoms with van der Waals surface area (Å²) in [5.74, 6) is -0.483. The Hall–Kier alpha value is -1.92. The smallest absolute Gasteiger partial charge is 0.306 e. The van der Waals surface area contributed by atoms with Gasteiger partial charge in [-0.05, 0) is 77.0 Å². The first-order chi connectivity index (χ1) is 31.0. The molecule has 0 saturated heterocycles. The number of rotatable bonds is 50. The molecule has 0 aromatic rings. The van der Waals surface area contributed by atoms with E-state index >= 15 is 0 Å². The van der Waals surface area contributed by atoms with Gasteiger partial charge in [-0.3, -0.25) is 9.59 Å². The highest BCUT2D eigenvalue weighted by atomic mass is 16.5. The number of unbranched alkanes of at least 4 members (excludes halogenated alkanes) is 32. The van der Waals surface area contributed by atoms with Crippen LogP contribution in [0.5, 0.6) is 0 Å². The van der Waals surface area contributed by atoms with Crippen LogP contribution in [-0.2, 0) is 14.3 Å². The number of carbonyl (C=O) groups excluding carboxylic acids is 2. The van der Waals surface area contributed by atoms with Crippen LogP contribution in [0.15, 0.2) is 36.5 Å². The van der Waals surface area contributed by atoms with E-state index in [-0.39, 0.29) is 24.9 Å². The molecule has 0 aromatic carbocycles. The summed E-state index contributed by atoms with van der Waals surface area (Å²) in [6.07, 6.45) is 60.7. The molecule has 0 aromatic heterocycles. The average molecular weight is 886 g/mol. The van der Waals surface area contributed by atoms with Gasteiger partial charge in [0.2, 0.25) is 5.91 Å². The van der Waals surface area contributed by atoms with Gasteiger partial charge in [0.1, 0.15) is 6.10 Å². The van der Waals surface area contributed by atoms with E-state index < -0.39 is 18.2 Å². The lowest BCUT2D eigenvalue weighted by atomic mass is 10.0. The van der Waals surface area contributed by atoms with Crippen LogP contribution in [0.2, 0.25) is 0 Å². The number of nitrogens with one attached hydrogen (secondary N) is 1. The molecule has 0 bridgehead atoms. The number of hydrogen-bond acceptors (Lipinski definition) is 5. The van der Waals surface area contributed by atoms with E-state index in [1.54, 1.807) is 0 Å². The van der Waals surface area contributed by atoms with Crippen LogP contribution in [0.3, 0.4) is 0 Å². The fourth-order valence-electron chi connectivity index (χ4n) is 8.46. The van der Waals surface area contributed by atoms with Gasteiger partial charge in [-0.1, -0.05) is 237 Å².